The van der Waals surface area contributed by atoms with Crippen LogP contribution in [0.25, 0.3) is 0 Å². The van der Waals surface area contributed by atoms with Crippen LogP contribution in [-0.4, -0.2) is 36.4 Å². The summed E-state index contributed by atoms with van der Waals surface area (Å²) < 4.78 is 0. The maximum atomic E-state index is 9.67. The van der Waals surface area contributed by atoms with Crippen molar-refractivity contribution in [3.05, 3.63) is 29.3 Å². The zero-order chi connectivity index (χ0) is 14.0. The van der Waals surface area contributed by atoms with E-state index in [1.807, 2.05) is 0 Å². The second-order valence-electron chi connectivity index (χ2n) is 6.17. The molecule has 1 aliphatic heterocycles. The number of nitrogens with one attached hydrogen (secondary N) is 1. The van der Waals surface area contributed by atoms with Crippen molar-refractivity contribution in [1.82, 2.24) is 5.32 Å². The van der Waals surface area contributed by atoms with Gasteiger partial charge in [-0.1, -0.05) is 25.1 Å². The van der Waals surface area contributed by atoms with Crippen molar-refractivity contribution in [2.45, 2.75) is 45.7 Å². The molecule has 1 heterocycles. The van der Waals surface area contributed by atoms with E-state index in [4.69, 9.17) is 0 Å². The summed E-state index contributed by atoms with van der Waals surface area (Å²) in [4.78, 5) is 2.39. The molecule has 0 bridgehead atoms. The molecule has 106 valence electrons. The van der Waals surface area contributed by atoms with Crippen molar-refractivity contribution >= 4 is 5.69 Å². The minimum atomic E-state index is 0.0823. The van der Waals surface area contributed by atoms with Gasteiger partial charge in [-0.05, 0) is 38.3 Å². The molecule has 3 nitrogen and oxygen atoms in total. The number of rotatable bonds is 3. The Balaban J connectivity index is 2.42. The summed E-state index contributed by atoms with van der Waals surface area (Å²) in [6.07, 6.45) is 1.03. The van der Waals surface area contributed by atoms with Gasteiger partial charge in [0.25, 0.3) is 0 Å². The average Bonchev–Trinajstić information content (AvgIpc) is 2.37. The number of piperazine rings is 1. The highest BCUT2D eigenvalue weighted by Crippen LogP contribution is 2.30. The lowest BCUT2D eigenvalue weighted by atomic mass is 9.95. The molecule has 1 aromatic rings. The van der Waals surface area contributed by atoms with Gasteiger partial charge in [-0.15, -0.1) is 0 Å². The van der Waals surface area contributed by atoms with E-state index in [9.17, 15) is 5.11 Å². The molecular formula is C16H26N2O. The van der Waals surface area contributed by atoms with Gasteiger partial charge in [0.15, 0.2) is 0 Å². The van der Waals surface area contributed by atoms with Crippen LogP contribution in [-0.2, 0) is 6.42 Å². The molecule has 0 aromatic heterocycles. The number of aliphatic hydroxyl groups excluding tert-OH is 1. The molecule has 2 N–H and O–H groups in total. The van der Waals surface area contributed by atoms with E-state index >= 15 is 0 Å². The summed E-state index contributed by atoms with van der Waals surface area (Å²) in [6.45, 7) is 10.8. The SMILES string of the molecule is CCc1cccc(C)c1N1CC(C)(C)NCC1CO. The number of hydrogen-bond acceptors (Lipinski definition) is 3. The first-order valence-corrected chi connectivity index (χ1v) is 7.19. The normalized spacial score (nSPS) is 22.6. The minimum absolute atomic E-state index is 0.0823. The Morgan fingerprint density at radius 2 is 2.16 bits per heavy atom. The van der Waals surface area contributed by atoms with E-state index in [-0.39, 0.29) is 18.2 Å². The van der Waals surface area contributed by atoms with Crippen LogP contribution in [0.5, 0.6) is 0 Å². The highest BCUT2D eigenvalue weighted by molar-refractivity contribution is 5.61. The molecule has 1 aromatic carbocycles. The Hall–Kier alpha value is -1.06. The monoisotopic (exact) mass is 262 g/mol. The maximum Gasteiger partial charge on any atom is 0.0647 e. The van der Waals surface area contributed by atoms with E-state index in [1.54, 1.807) is 0 Å². The first-order chi connectivity index (χ1) is 8.98. The quantitative estimate of drug-likeness (QED) is 0.876. The second kappa shape index (κ2) is 5.51. The summed E-state index contributed by atoms with van der Waals surface area (Å²) in [7, 11) is 0. The van der Waals surface area contributed by atoms with Crippen molar-refractivity contribution in [3.63, 3.8) is 0 Å². The van der Waals surface area contributed by atoms with Gasteiger partial charge in [0.2, 0.25) is 0 Å². The van der Waals surface area contributed by atoms with Gasteiger partial charge in [0, 0.05) is 24.3 Å². The predicted molar refractivity (Wildman–Crippen MR) is 80.9 cm³/mol. The standard InChI is InChI=1S/C16H26N2O/c1-5-13-8-6-7-12(2)15(13)18-11-16(3,4)17-9-14(18)10-19/h6-8,14,17,19H,5,9-11H2,1-4H3. The van der Waals surface area contributed by atoms with Gasteiger partial charge in [-0.2, -0.15) is 0 Å². The van der Waals surface area contributed by atoms with Crippen LogP contribution in [0.3, 0.4) is 0 Å². The molecule has 0 radical (unpaired) electrons. The lowest BCUT2D eigenvalue weighted by Gasteiger charge is -2.46. The molecule has 1 aliphatic rings. The predicted octanol–water partition coefficient (Wildman–Crippen LogP) is 2.11. The van der Waals surface area contributed by atoms with Gasteiger partial charge in [0.1, 0.15) is 0 Å². The summed E-state index contributed by atoms with van der Waals surface area (Å²) in [6, 6.07) is 6.65. The zero-order valence-electron chi connectivity index (χ0n) is 12.5. The first kappa shape index (κ1) is 14.4. The summed E-state index contributed by atoms with van der Waals surface area (Å²) in [5, 5.41) is 13.2. The Bertz CT molecular complexity index is 442. The summed E-state index contributed by atoms with van der Waals surface area (Å²) >= 11 is 0. The molecule has 19 heavy (non-hydrogen) atoms. The van der Waals surface area contributed by atoms with Gasteiger partial charge < -0.3 is 15.3 Å². The highest BCUT2D eigenvalue weighted by atomic mass is 16.3. The van der Waals surface area contributed by atoms with Gasteiger partial charge in [-0.3, -0.25) is 0 Å². The molecule has 1 atom stereocenters. The number of para-hydroxylation sites is 1. The fourth-order valence-electron chi connectivity index (χ4n) is 2.96. The van der Waals surface area contributed by atoms with Gasteiger partial charge >= 0.3 is 0 Å². The van der Waals surface area contributed by atoms with Crippen molar-refractivity contribution in [2.75, 3.05) is 24.6 Å². The lowest BCUT2D eigenvalue weighted by Crippen LogP contribution is -2.63. The number of aryl methyl sites for hydroxylation is 2. The number of hydrogen-bond donors (Lipinski definition) is 2. The van der Waals surface area contributed by atoms with E-state index in [2.05, 4.69) is 56.1 Å². The van der Waals surface area contributed by atoms with E-state index in [0.717, 1.165) is 19.5 Å². The Kier molecular flexibility index (Phi) is 4.16. The maximum absolute atomic E-state index is 9.67. The second-order valence-corrected chi connectivity index (χ2v) is 6.17. The topological polar surface area (TPSA) is 35.5 Å². The third kappa shape index (κ3) is 2.93. The van der Waals surface area contributed by atoms with Crippen LogP contribution in [0, 0.1) is 6.92 Å². The molecule has 0 saturated carbocycles. The van der Waals surface area contributed by atoms with E-state index < -0.39 is 0 Å². The molecule has 0 aliphatic carbocycles. The largest absolute Gasteiger partial charge is 0.394 e. The third-order valence-electron chi connectivity index (χ3n) is 4.02. The zero-order valence-corrected chi connectivity index (χ0v) is 12.5. The van der Waals surface area contributed by atoms with E-state index in [1.165, 1.54) is 16.8 Å². The van der Waals surface area contributed by atoms with Crippen molar-refractivity contribution < 1.29 is 5.11 Å². The Labute approximate surface area is 116 Å². The van der Waals surface area contributed by atoms with E-state index in [0.29, 0.717) is 0 Å². The number of anilines is 1. The van der Waals surface area contributed by atoms with Crippen LogP contribution >= 0.6 is 0 Å². The molecule has 3 heteroatoms. The molecule has 2 rings (SSSR count). The highest BCUT2D eigenvalue weighted by Gasteiger charge is 2.33. The van der Waals surface area contributed by atoms with Crippen molar-refractivity contribution in [2.24, 2.45) is 0 Å². The fraction of sp³-hybridized carbons (Fsp3) is 0.625. The Morgan fingerprint density at radius 1 is 1.42 bits per heavy atom. The number of nitrogens with zero attached hydrogens (tertiary/aromatic N) is 1. The first-order valence-electron chi connectivity index (χ1n) is 7.19. The van der Waals surface area contributed by atoms with Crippen LogP contribution < -0.4 is 10.2 Å². The van der Waals surface area contributed by atoms with Crippen LogP contribution in [0.4, 0.5) is 5.69 Å². The smallest absolute Gasteiger partial charge is 0.0647 e. The Morgan fingerprint density at radius 3 is 2.79 bits per heavy atom. The number of aliphatic hydroxyl groups is 1. The minimum Gasteiger partial charge on any atom is -0.394 e. The summed E-state index contributed by atoms with van der Waals surface area (Å²) in [5.41, 5.74) is 4.07. The van der Waals surface area contributed by atoms with Crippen LogP contribution in [0.15, 0.2) is 18.2 Å². The molecule has 1 saturated heterocycles. The molecular weight excluding hydrogens is 236 g/mol. The molecule has 1 unspecified atom stereocenters. The van der Waals surface area contributed by atoms with Gasteiger partial charge in [-0.25, -0.2) is 0 Å². The van der Waals surface area contributed by atoms with Crippen molar-refractivity contribution in [3.8, 4) is 0 Å². The van der Waals surface area contributed by atoms with Crippen LogP contribution in [0.2, 0.25) is 0 Å². The summed E-state index contributed by atoms with van der Waals surface area (Å²) in [5.74, 6) is 0. The lowest BCUT2D eigenvalue weighted by molar-refractivity contribution is 0.214. The average molecular weight is 262 g/mol. The van der Waals surface area contributed by atoms with Crippen LogP contribution in [0.1, 0.15) is 31.9 Å². The fourth-order valence-corrected chi connectivity index (χ4v) is 2.96. The molecule has 1 fully saturated rings. The third-order valence-corrected chi connectivity index (χ3v) is 4.02. The van der Waals surface area contributed by atoms with Gasteiger partial charge in [0.05, 0.1) is 12.6 Å². The molecule has 0 amide bonds. The number of benzene rings is 1. The van der Waals surface area contributed by atoms with Crippen molar-refractivity contribution in [1.29, 1.82) is 0 Å². The molecule has 0 spiro atoms.